The van der Waals surface area contributed by atoms with Gasteiger partial charge in [-0.3, -0.25) is 9.59 Å². The Morgan fingerprint density at radius 1 is 1.12 bits per heavy atom. The minimum Gasteiger partial charge on any atom is -0.444 e. The van der Waals surface area contributed by atoms with Gasteiger partial charge in [0.2, 0.25) is 11.8 Å². The van der Waals surface area contributed by atoms with Crippen LogP contribution in [0.2, 0.25) is 0 Å². The first-order valence-corrected chi connectivity index (χ1v) is 8.37. The zero-order valence-electron chi connectivity index (χ0n) is 14.8. The normalized spacial score (nSPS) is 13.7. The monoisotopic (exact) mass is 347 g/mol. The van der Waals surface area contributed by atoms with Gasteiger partial charge < -0.3 is 20.7 Å². The van der Waals surface area contributed by atoms with Crippen LogP contribution in [0.5, 0.6) is 0 Å². The number of amides is 3. The van der Waals surface area contributed by atoms with Gasteiger partial charge in [0.25, 0.3) is 0 Å². The summed E-state index contributed by atoms with van der Waals surface area (Å²) in [6.07, 6.45) is 1.22. The van der Waals surface area contributed by atoms with Crippen LogP contribution in [-0.2, 0) is 20.9 Å². The van der Waals surface area contributed by atoms with Crippen molar-refractivity contribution in [2.75, 3.05) is 11.9 Å². The van der Waals surface area contributed by atoms with Crippen LogP contribution in [0.3, 0.4) is 0 Å². The SMILES string of the molecule is CC(C)(C)OC(=O)NCC(=O)NCc1ccccc1NC(=O)C1CC1. The first-order chi connectivity index (χ1) is 11.7. The van der Waals surface area contributed by atoms with E-state index in [2.05, 4.69) is 16.0 Å². The molecular weight excluding hydrogens is 322 g/mol. The molecule has 0 bridgehead atoms. The number of para-hydroxylation sites is 1. The summed E-state index contributed by atoms with van der Waals surface area (Å²) in [6, 6.07) is 7.32. The van der Waals surface area contributed by atoms with Gasteiger partial charge >= 0.3 is 6.09 Å². The van der Waals surface area contributed by atoms with Gasteiger partial charge in [0.15, 0.2) is 0 Å². The summed E-state index contributed by atoms with van der Waals surface area (Å²) in [6.45, 7) is 5.33. The second-order valence-corrected chi connectivity index (χ2v) is 7.05. The smallest absolute Gasteiger partial charge is 0.408 e. The van der Waals surface area contributed by atoms with E-state index in [4.69, 9.17) is 4.74 Å². The summed E-state index contributed by atoms with van der Waals surface area (Å²) in [7, 11) is 0. The van der Waals surface area contributed by atoms with Crippen LogP contribution in [0, 0.1) is 5.92 Å². The lowest BCUT2D eigenvalue weighted by Crippen LogP contribution is -2.39. The molecule has 0 aromatic heterocycles. The van der Waals surface area contributed by atoms with Crippen molar-refractivity contribution in [2.24, 2.45) is 5.92 Å². The molecule has 0 heterocycles. The molecule has 1 aliphatic carbocycles. The molecule has 136 valence electrons. The van der Waals surface area contributed by atoms with Crippen molar-refractivity contribution in [3.63, 3.8) is 0 Å². The molecule has 0 radical (unpaired) electrons. The van der Waals surface area contributed by atoms with Crippen molar-refractivity contribution in [3.8, 4) is 0 Å². The highest BCUT2D eigenvalue weighted by atomic mass is 16.6. The molecule has 7 heteroatoms. The summed E-state index contributed by atoms with van der Waals surface area (Å²) in [5.41, 5.74) is 0.890. The van der Waals surface area contributed by atoms with Crippen molar-refractivity contribution in [1.29, 1.82) is 0 Å². The molecule has 0 unspecified atom stereocenters. The van der Waals surface area contributed by atoms with Gasteiger partial charge in [-0.1, -0.05) is 18.2 Å². The Hall–Kier alpha value is -2.57. The predicted octanol–water partition coefficient (Wildman–Crippen LogP) is 2.18. The highest BCUT2D eigenvalue weighted by Crippen LogP contribution is 2.30. The van der Waals surface area contributed by atoms with E-state index in [-0.39, 0.29) is 30.8 Å². The molecule has 0 saturated heterocycles. The molecule has 2 rings (SSSR count). The lowest BCUT2D eigenvalue weighted by Gasteiger charge is -2.19. The molecule has 7 nitrogen and oxygen atoms in total. The van der Waals surface area contributed by atoms with E-state index in [0.29, 0.717) is 5.69 Å². The first-order valence-electron chi connectivity index (χ1n) is 8.37. The average Bonchev–Trinajstić information content (AvgIpc) is 3.35. The van der Waals surface area contributed by atoms with E-state index in [0.717, 1.165) is 18.4 Å². The number of carbonyl (C=O) groups is 3. The number of carbonyl (C=O) groups excluding carboxylic acids is 3. The Labute approximate surface area is 147 Å². The van der Waals surface area contributed by atoms with Crippen LogP contribution in [0.25, 0.3) is 0 Å². The molecule has 1 saturated carbocycles. The van der Waals surface area contributed by atoms with Crippen molar-refractivity contribution < 1.29 is 19.1 Å². The third kappa shape index (κ3) is 6.82. The van der Waals surface area contributed by atoms with Gasteiger partial charge in [-0.05, 0) is 45.2 Å². The third-order valence-corrected chi connectivity index (χ3v) is 3.49. The molecule has 1 aromatic rings. The quantitative estimate of drug-likeness (QED) is 0.735. The standard InChI is InChI=1S/C18H25N3O4/c1-18(2,3)25-17(24)20-11-15(22)19-10-13-6-4-5-7-14(13)21-16(23)12-8-9-12/h4-7,12H,8-11H2,1-3H3,(H,19,22)(H,20,24)(H,21,23). The summed E-state index contributed by atoms with van der Waals surface area (Å²) in [4.78, 5) is 35.3. The van der Waals surface area contributed by atoms with E-state index >= 15 is 0 Å². The van der Waals surface area contributed by atoms with Crippen LogP contribution < -0.4 is 16.0 Å². The maximum atomic E-state index is 11.9. The van der Waals surface area contributed by atoms with Crippen molar-refractivity contribution in [1.82, 2.24) is 10.6 Å². The van der Waals surface area contributed by atoms with Crippen LogP contribution >= 0.6 is 0 Å². The number of alkyl carbamates (subject to hydrolysis) is 1. The first kappa shape index (κ1) is 18.8. The predicted molar refractivity (Wildman–Crippen MR) is 93.9 cm³/mol. The van der Waals surface area contributed by atoms with E-state index in [1.807, 2.05) is 18.2 Å². The van der Waals surface area contributed by atoms with Crippen molar-refractivity contribution in [2.45, 2.75) is 45.8 Å². The summed E-state index contributed by atoms with van der Waals surface area (Å²) in [5, 5.41) is 8.01. The molecule has 3 amide bonds. The average molecular weight is 347 g/mol. The Balaban J connectivity index is 1.79. The van der Waals surface area contributed by atoms with Gasteiger partial charge in [0.05, 0.1) is 0 Å². The Morgan fingerprint density at radius 3 is 2.44 bits per heavy atom. The van der Waals surface area contributed by atoms with Crippen molar-refractivity contribution in [3.05, 3.63) is 29.8 Å². The maximum absolute atomic E-state index is 11.9. The largest absolute Gasteiger partial charge is 0.444 e. The lowest BCUT2D eigenvalue weighted by atomic mass is 10.1. The van der Waals surface area contributed by atoms with Crippen molar-refractivity contribution >= 4 is 23.6 Å². The zero-order chi connectivity index (χ0) is 18.4. The summed E-state index contributed by atoms with van der Waals surface area (Å²) >= 11 is 0. The highest BCUT2D eigenvalue weighted by Gasteiger charge is 2.29. The number of anilines is 1. The molecule has 0 aliphatic heterocycles. The van der Waals surface area contributed by atoms with Crippen LogP contribution in [0.15, 0.2) is 24.3 Å². The molecule has 1 fully saturated rings. The zero-order valence-corrected chi connectivity index (χ0v) is 14.8. The third-order valence-electron chi connectivity index (χ3n) is 3.49. The van der Waals surface area contributed by atoms with Gasteiger partial charge in [0.1, 0.15) is 12.1 Å². The molecule has 1 aromatic carbocycles. The minimum atomic E-state index is -0.639. The van der Waals surface area contributed by atoms with E-state index < -0.39 is 11.7 Å². The van der Waals surface area contributed by atoms with Gasteiger partial charge in [-0.25, -0.2) is 4.79 Å². The molecule has 3 N–H and O–H groups in total. The Morgan fingerprint density at radius 2 is 1.80 bits per heavy atom. The number of rotatable bonds is 6. The second kappa shape index (κ2) is 8.00. The molecule has 25 heavy (non-hydrogen) atoms. The van der Waals surface area contributed by atoms with E-state index in [1.54, 1.807) is 26.8 Å². The Bertz CT molecular complexity index is 648. The minimum absolute atomic E-state index is 0.0189. The number of hydrogen-bond donors (Lipinski definition) is 3. The highest BCUT2D eigenvalue weighted by molar-refractivity contribution is 5.94. The van der Waals surface area contributed by atoms with Gasteiger partial charge in [0, 0.05) is 18.2 Å². The maximum Gasteiger partial charge on any atom is 0.408 e. The number of ether oxygens (including phenoxy) is 1. The summed E-state index contributed by atoms with van der Waals surface area (Å²) < 4.78 is 5.06. The fourth-order valence-corrected chi connectivity index (χ4v) is 2.10. The van der Waals surface area contributed by atoms with Crippen LogP contribution in [-0.4, -0.2) is 30.1 Å². The van der Waals surface area contributed by atoms with E-state index in [9.17, 15) is 14.4 Å². The van der Waals surface area contributed by atoms with Gasteiger partial charge in [-0.15, -0.1) is 0 Å². The van der Waals surface area contributed by atoms with Crippen LogP contribution in [0.4, 0.5) is 10.5 Å². The summed E-state index contributed by atoms with van der Waals surface area (Å²) in [5.74, 6) is -0.208. The topological polar surface area (TPSA) is 96.5 Å². The number of nitrogens with one attached hydrogen (secondary N) is 3. The fraction of sp³-hybridized carbons (Fsp3) is 0.500. The Kier molecular flexibility index (Phi) is 6.01. The lowest BCUT2D eigenvalue weighted by molar-refractivity contribution is -0.120. The van der Waals surface area contributed by atoms with Gasteiger partial charge in [-0.2, -0.15) is 0 Å². The molecular formula is C18H25N3O4. The molecule has 0 atom stereocenters. The fourth-order valence-electron chi connectivity index (χ4n) is 2.10. The van der Waals surface area contributed by atoms with Crippen LogP contribution in [0.1, 0.15) is 39.2 Å². The number of hydrogen-bond acceptors (Lipinski definition) is 4. The molecule has 0 spiro atoms. The second-order valence-electron chi connectivity index (χ2n) is 7.05. The van der Waals surface area contributed by atoms with E-state index in [1.165, 1.54) is 0 Å². The number of benzene rings is 1. The molecule has 1 aliphatic rings.